The van der Waals surface area contributed by atoms with Crippen LogP contribution in [0.3, 0.4) is 0 Å². The van der Waals surface area contributed by atoms with E-state index >= 15 is 0 Å². The standard InChI is InChI=1S/C13H17BrFN3OS/c1-8(2)5-6-16-13(20)18-17-12(19)10-4-3-9(14)7-11(10)15/h3-4,7-8H,5-6H2,1-2H3,(H,17,19)(H2,16,18,20). The van der Waals surface area contributed by atoms with Gasteiger partial charge < -0.3 is 5.32 Å². The lowest BCUT2D eigenvalue weighted by atomic mass is 10.1. The normalized spacial score (nSPS) is 10.2. The van der Waals surface area contributed by atoms with Crippen LogP contribution in [0.15, 0.2) is 22.7 Å². The first kappa shape index (κ1) is 16.8. The molecule has 1 rings (SSSR count). The molecule has 1 amide bonds. The van der Waals surface area contributed by atoms with Crippen molar-refractivity contribution in [3.05, 3.63) is 34.1 Å². The molecule has 0 spiro atoms. The smallest absolute Gasteiger partial charge is 0.272 e. The lowest BCUT2D eigenvalue weighted by Crippen LogP contribution is -2.47. The Kier molecular flexibility index (Phi) is 6.87. The summed E-state index contributed by atoms with van der Waals surface area (Å²) in [5.74, 6) is -0.614. The van der Waals surface area contributed by atoms with Gasteiger partial charge in [0.15, 0.2) is 5.11 Å². The molecule has 0 atom stereocenters. The molecule has 0 aliphatic rings. The highest BCUT2D eigenvalue weighted by Crippen LogP contribution is 2.14. The van der Waals surface area contributed by atoms with E-state index in [1.54, 1.807) is 6.07 Å². The molecule has 0 aliphatic heterocycles. The largest absolute Gasteiger partial charge is 0.361 e. The van der Waals surface area contributed by atoms with E-state index < -0.39 is 11.7 Å². The number of rotatable bonds is 4. The Labute approximate surface area is 131 Å². The number of thiocarbonyl (C=S) groups is 1. The molecule has 1 aromatic rings. The Morgan fingerprint density at radius 3 is 2.70 bits per heavy atom. The van der Waals surface area contributed by atoms with Gasteiger partial charge in [-0.3, -0.25) is 15.6 Å². The van der Waals surface area contributed by atoms with Crippen molar-refractivity contribution in [3.63, 3.8) is 0 Å². The number of nitrogens with one attached hydrogen (secondary N) is 3. The molecule has 0 unspecified atom stereocenters. The number of amides is 1. The number of hydrogen-bond donors (Lipinski definition) is 3. The molecule has 3 N–H and O–H groups in total. The van der Waals surface area contributed by atoms with Crippen molar-refractivity contribution in [2.24, 2.45) is 5.92 Å². The van der Waals surface area contributed by atoms with E-state index in [1.807, 2.05) is 0 Å². The summed E-state index contributed by atoms with van der Waals surface area (Å²) in [4.78, 5) is 11.7. The molecule has 0 fully saturated rings. The molecule has 7 heteroatoms. The number of hydrazine groups is 1. The highest BCUT2D eigenvalue weighted by atomic mass is 79.9. The van der Waals surface area contributed by atoms with Gasteiger partial charge in [0.1, 0.15) is 5.82 Å². The van der Waals surface area contributed by atoms with Gasteiger partial charge in [-0.05, 0) is 42.8 Å². The molecular weight excluding hydrogens is 345 g/mol. The average Bonchev–Trinajstić information content (AvgIpc) is 2.35. The van der Waals surface area contributed by atoms with Crippen molar-refractivity contribution in [2.75, 3.05) is 6.54 Å². The molecule has 0 aliphatic carbocycles. The van der Waals surface area contributed by atoms with Crippen molar-refractivity contribution in [1.29, 1.82) is 0 Å². The van der Waals surface area contributed by atoms with Crippen molar-refractivity contribution < 1.29 is 9.18 Å². The molecular formula is C13H17BrFN3OS. The SMILES string of the molecule is CC(C)CCNC(=S)NNC(=O)c1ccc(Br)cc1F. The predicted octanol–water partition coefficient (Wildman–Crippen LogP) is 2.74. The average molecular weight is 362 g/mol. The van der Waals surface area contributed by atoms with Gasteiger partial charge in [-0.1, -0.05) is 29.8 Å². The first-order chi connectivity index (χ1) is 9.40. The molecule has 0 saturated carbocycles. The molecule has 0 bridgehead atoms. The molecule has 1 aromatic carbocycles. The van der Waals surface area contributed by atoms with Crippen LogP contribution in [0, 0.1) is 11.7 Å². The summed E-state index contributed by atoms with van der Waals surface area (Å²) in [6, 6.07) is 4.22. The van der Waals surface area contributed by atoms with Gasteiger partial charge in [0.25, 0.3) is 5.91 Å². The van der Waals surface area contributed by atoms with E-state index in [1.165, 1.54) is 12.1 Å². The van der Waals surface area contributed by atoms with E-state index in [2.05, 4.69) is 45.9 Å². The summed E-state index contributed by atoms with van der Waals surface area (Å²) in [6.45, 7) is 4.93. The highest BCUT2D eigenvalue weighted by Gasteiger charge is 2.11. The van der Waals surface area contributed by atoms with Gasteiger partial charge in [-0.25, -0.2) is 4.39 Å². The maximum atomic E-state index is 13.5. The van der Waals surface area contributed by atoms with E-state index in [9.17, 15) is 9.18 Å². The van der Waals surface area contributed by atoms with Crippen LogP contribution in [0.4, 0.5) is 4.39 Å². The second kappa shape index (κ2) is 8.16. The Hall–Kier alpha value is -1.21. The third-order valence-electron chi connectivity index (χ3n) is 2.47. The maximum absolute atomic E-state index is 13.5. The van der Waals surface area contributed by atoms with Crippen LogP contribution >= 0.6 is 28.1 Å². The topological polar surface area (TPSA) is 53.2 Å². The van der Waals surface area contributed by atoms with Crippen LogP contribution in [0.2, 0.25) is 0 Å². The minimum atomic E-state index is -0.600. The molecule has 0 heterocycles. The third-order valence-corrected chi connectivity index (χ3v) is 3.21. The number of benzene rings is 1. The summed E-state index contributed by atoms with van der Waals surface area (Å²) in [7, 11) is 0. The summed E-state index contributed by atoms with van der Waals surface area (Å²) >= 11 is 8.12. The molecule has 110 valence electrons. The van der Waals surface area contributed by atoms with Crippen LogP contribution in [0.1, 0.15) is 30.6 Å². The summed E-state index contributed by atoms with van der Waals surface area (Å²) < 4.78 is 14.1. The third kappa shape index (κ3) is 5.83. The first-order valence-electron chi connectivity index (χ1n) is 6.19. The van der Waals surface area contributed by atoms with Crippen molar-refractivity contribution in [2.45, 2.75) is 20.3 Å². The minimum absolute atomic E-state index is 0.0503. The number of halogens is 2. The van der Waals surface area contributed by atoms with Gasteiger partial charge in [-0.15, -0.1) is 0 Å². The fourth-order valence-electron chi connectivity index (χ4n) is 1.37. The Morgan fingerprint density at radius 1 is 1.40 bits per heavy atom. The monoisotopic (exact) mass is 361 g/mol. The van der Waals surface area contributed by atoms with Gasteiger partial charge >= 0.3 is 0 Å². The summed E-state index contributed by atoms with van der Waals surface area (Å²) in [6.07, 6.45) is 0.969. The quantitative estimate of drug-likeness (QED) is 0.570. The van der Waals surface area contributed by atoms with Crippen molar-refractivity contribution >= 4 is 39.2 Å². The van der Waals surface area contributed by atoms with Crippen LogP contribution < -0.4 is 16.2 Å². The predicted molar refractivity (Wildman–Crippen MR) is 84.8 cm³/mol. The zero-order valence-electron chi connectivity index (χ0n) is 11.3. The molecule has 20 heavy (non-hydrogen) atoms. The number of hydrogen-bond acceptors (Lipinski definition) is 2. The second-order valence-electron chi connectivity index (χ2n) is 4.64. The zero-order chi connectivity index (χ0) is 15.1. The Morgan fingerprint density at radius 2 is 2.10 bits per heavy atom. The second-order valence-corrected chi connectivity index (χ2v) is 5.97. The van der Waals surface area contributed by atoms with Crippen LogP contribution in [0.5, 0.6) is 0 Å². The molecule has 0 aromatic heterocycles. The maximum Gasteiger partial charge on any atom is 0.272 e. The van der Waals surface area contributed by atoms with E-state index in [4.69, 9.17) is 12.2 Å². The zero-order valence-corrected chi connectivity index (χ0v) is 13.7. The molecule has 0 radical (unpaired) electrons. The fourth-order valence-corrected chi connectivity index (χ4v) is 1.86. The van der Waals surface area contributed by atoms with Gasteiger partial charge in [0.05, 0.1) is 5.56 Å². The Bertz CT molecular complexity index is 497. The number of carbonyl (C=O) groups is 1. The fraction of sp³-hybridized carbons (Fsp3) is 0.385. The van der Waals surface area contributed by atoms with Gasteiger partial charge in [0, 0.05) is 11.0 Å². The van der Waals surface area contributed by atoms with Gasteiger partial charge in [-0.2, -0.15) is 0 Å². The summed E-state index contributed by atoms with van der Waals surface area (Å²) in [5, 5.41) is 3.25. The highest BCUT2D eigenvalue weighted by molar-refractivity contribution is 9.10. The minimum Gasteiger partial charge on any atom is -0.361 e. The molecule has 4 nitrogen and oxygen atoms in total. The van der Waals surface area contributed by atoms with Crippen molar-refractivity contribution in [1.82, 2.24) is 16.2 Å². The van der Waals surface area contributed by atoms with Gasteiger partial charge in [0.2, 0.25) is 0 Å². The lowest BCUT2D eigenvalue weighted by molar-refractivity contribution is 0.0939. The first-order valence-corrected chi connectivity index (χ1v) is 7.39. The lowest BCUT2D eigenvalue weighted by Gasteiger charge is -2.12. The summed E-state index contributed by atoms with van der Waals surface area (Å²) in [5.41, 5.74) is 4.84. The molecule has 0 saturated heterocycles. The van der Waals surface area contributed by atoms with Crippen LogP contribution in [0.25, 0.3) is 0 Å². The number of carbonyl (C=O) groups excluding carboxylic acids is 1. The van der Waals surface area contributed by atoms with Crippen LogP contribution in [-0.2, 0) is 0 Å². The van der Waals surface area contributed by atoms with E-state index in [-0.39, 0.29) is 5.56 Å². The van der Waals surface area contributed by atoms with E-state index in [0.717, 1.165) is 6.42 Å². The van der Waals surface area contributed by atoms with Crippen LogP contribution in [-0.4, -0.2) is 17.6 Å². The van der Waals surface area contributed by atoms with Crippen molar-refractivity contribution in [3.8, 4) is 0 Å². The Balaban J connectivity index is 2.41. The van der Waals surface area contributed by atoms with E-state index in [0.29, 0.717) is 22.0 Å².